The summed E-state index contributed by atoms with van der Waals surface area (Å²) in [6, 6.07) is 6.55. The molecule has 1 unspecified atom stereocenters. The van der Waals surface area contributed by atoms with Crippen LogP contribution in [0.2, 0.25) is 0 Å². The van der Waals surface area contributed by atoms with Crippen LogP contribution in [-0.2, 0) is 14.3 Å². The van der Waals surface area contributed by atoms with E-state index in [0.29, 0.717) is 18.7 Å². The number of anilines is 1. The normalized spacial score (nSPS) is 19.2. The van der Waals surface area contributed by atoms with Crippen LogP contribution in [0.25, 0.3) is 0 Å². The number of hydrogen-bond acceptors (Lipinski definition) is 5. The molecule has 0 radical (unpaired) electrons. The summed E-state index contributed by atoms with van der Waals surface area (Å²) in [5.41, 5.74) is 6.21. The molecule has 0 spiro atoms. The van der Waals surface area contributed by atoms with Gasteiger partial charge in [-0.05, 0) is 12.1 Å². The zero-order chi connectivity index (χ0) is 11.5. The fraction of sp³-hybridized carbons (Fsp3) is 0.273. The van der Waals surface area contributed by atoms with Gasteiger partial charge in [0.25, 0.3) is 0 Å². The second-order valence-corrected chi connectivity index (χ2v) is 3.44. The van der Waals surface area contributed by atoms with Crippen molar-refractivity contribution in [3.05, 3.63) is 29.8 Å². The molecule has 84 valence electrons. The Labute approximate surface area is 92.1 Å². The molecule has 2 N–H and O–H groups in total. The van der Waals surface area contributed by atoms with Crippen LogP contribution in [0, 0.1) is 0 Å². The molecule has 2 rings (SSSR count). The number of rotatable bonds is 2. The highest BCUT2D eigenvalue weighted by atomic mass is 16.6. The molecule has 0 saturated carbocycles. The molecule has 0 bridgehead atoms. The van der Waals surface area contributed by atoms with Crippen molar-refractivity contribution in [3.8, 4) is 0 Å². The van der Waals surface area contributed by atoms with Crippen LogP contribution in [0.15, 0.2) is 24.3 Å². The van der Waals surface area contributed by atoms with Crippen molar-refractivity contribution in [2.75, 3.05) is 12.3 Å². The highest BCUT2D eigenvalue weighted by Gasteiger charge is 2.30. The molecule has 1 saturated heterocycles. The zero-order valence-electron chi connectivity index (χ0n) is 8.51. The molecule has 1 aliphatic heterocycles. The molecule has 0 aliphatic carbocycles. The van der Waals surface area contributed by atoms with Crippen molar-refractivity contribution in [1.82, 2.24) is 0 Å². The maximum Gasteiger partial charge on any atom is 0.347 e. The lowest BCUT2D eigenvalue weighted by molar-refractivity contribution is -0.145. The lowest BCUT2D eigenvalue weighted by atomic mass is 10.2. The third-order valence-electron chi connectivity index (χ3n) is 2.32. The van der Waals surface area contributed by atoms with Gasteiger partial charge in [0.2, 0.25) is 6.10 Å². The van der Waals surface area contributed by atoms with Crippen LogP contribution in [0.5, 0.6) is 0 Å². The van der Waals surface area contributed by atoms with Crippen molar-refractivity contribution < 1.29 is 19.1 Å². The first kappa shape index (κ1) is 10.5. The average molecular weight is 221 g/mol. The SMILES string of the molecule is Nc1ccccc1C(=O)OC1CCOC1=O. The predicted molar refractivity (Wildman–Crippen MR) is 55.6 cm³/mol. The first-order chi connectivity index (χ1) is 7.68. The van der Waals surface area contributed by atoms with Gasteiger partial charge in [-0.15, -0.1) is 0 Å². The standard InChI is InChI=1S/C11H11NO4/c12-8-4-2-1-3-7(8)10(13)16-9-5-6-15-11(9)14/h1-4,9H,5-6,12H2. The van der Waals surface area contributed by atoms with Gasteiger partial charge in [-0.3, -0.25) is 0 Å². The van der Waals surface area contributed by atoms with E-state index < -0.39 is 18.0 Å². The first-order valence-corrected chi connectivity index (χ1v) is 4.90. The van der Waals surface area contributed by atoms with Gasteiger partial charge in [-0.25, -0.2) is 9.59 Å². The zero-order valence-corrected chi connectivity index (χ0v) is 8.51. The number of benzene rings is 1. The maximum atomic E-state index is 11.7. The first-order valence-electron chi connectivity index (χ1n) is 4.90. The Hall–Kier alpha value is -2.04. The molecule has 1 fully saturated rings. The van der Waals surface area contributed by atoms with E-state index in [1.54, 1.807) is 24.3 Å². The van der Waals surface area contributed by atoms with Crippen LogP contribution in [0.1, 0.15) is 16.8 Å². The number of carbonyl (C=O) groups is 2. The molecule has 1 heterocycles. The smallest absolute Gasteiger partial charge is 0.347 e. The highest BCUT2D eigenvalue weighted by Crippen LogP contribution is 2.16. The second-order valence-electron chi connectivity index (χ2n) is 3.44. The number of nitrogen functional groups attached to an aromatic ring is 1. The Morgan fingerprint density at radius 1 is 1.44 bits per heavy atom. The number of cyclic esters (lactones) is 1. The third kappa shape index (κ3) is 1.98. The maximum absolute atomic E-state index is 11.7. The van der Waals surface area contributed by atoms with Gasteiger partial charge < -0.3 is 15.2 Å². The van der Waals surface area contributed by atoms with E-state index in [0.717, 1.165) is 0 Å². The summed E-state index contributed by atoms with van der Waals surface area (Å²) < 4.78 is 9.68. The minimum absolute atomic E-state index is 0.266. The number of hydrogen-bond donors (Lipinski definition) is 1. The Morgan fingerprint density at radius 3 is 2.81 bits per heavy atom. The number of para-hydroxylation sites is 1. The minimum atomic E-state index is -0.799. The Balaban J connectivity index is 2.09. The van der Waals surface area contributed by atoms with Crippen LogP contribution in [-0.4, -0.2) is 24.6 Å². The Morgan fingerprint density at radius 2 is 2.19 bits per heavy atom. The Kier molecular flexibility index (Phi) is 2.76. The van der Waals surface area contributed by atoms with E-state index in [4.69, 9.17) is 10.5 Å². The number of carbonyl (C=O) groups excluding carboxylic acids is 2. The van der Waals surface area contributed by atoms with Gasteiger partial charge in [0.1, 0.15) is 0 Å². The minimum Gasteiger partial charge on any atom is -0.463 e. The van der Waals surface area contributed by atoms with Crippen molar-refractivity contribution in [3.63, 3.8) is 0 Å². The van der Waals surface area contributed by atoms with Gasteiger partial charge in [-0.1, -0.05) is 12.1 Å². The molecule has 16 heavy (non-hydrogen) atoms. The van der Waals surface area contributed by atoms with Gasteiger partial charge >= 0.3 is 11.9 Å². The summed E-state index contributed by atoms with van der Waals surface area (Å²) in [6.45, 7) is 0.293. The molecule has 1 aromatic rings. The molecule has 5 nitrogen and oxygen atoms in total. The van der Waals surface area contributed by atoms with E-state index >= 15 is 0 Å². The quantitative estimate of drug-likeness (QED) is 0.588. The van der Waals surface area contributed by atoms with Crippen LogP contribution in [0.3, 0.4) is 0 Å². The van der Waals surface area contributed by atoms with Crippen molar-refractivity contribution in [1.29, 1.82) is 0 Å². The summed E-state index contributed by atoms with van der Waals surface area (Å²) in [5, 5.41) is 0. The van der Waals surface area contributed by atoms with E-state index in [1.807, 2.05) is 0 Å². The summed E-state index contributed by atoms with van der Waals surface area (Å²) in [7, 11) is 0. The number of esters is 2. The molecule has 0 aromatic heterocycles. The number of nitrogens with two attached hydrogens (primary N) is 1. The van der Waals surface area contributed by atoms with E-state index in [1.165, 1.54) is 0 Å². The lowest BCUT2D eigenvalue weighted by Gasteiger charge is -2.09. The van der Waals surface area contributed by atoms with Gasteiger partial charge in [0, 0.05) is 12.1 Å². The second kappa shape index (κ2) is 4.22. The van der Waals surface area contributed by atoms with Crippen LogP contribution in [0.4, 0.5) is 5.69 Å². The molecule has 1 atom stereocenters. The molecule has 1 aliphatic rings. The molecule has 5 heteroatoms. The van der Waals surface area contributed by atoms with Crippen LogP contribution >= 0.6 is 0 Å². The highest BCUT2D eigenvalue weighted by molar-refractivity contribution is 5.96. The van der Waals surface area contributed by atoms with Crippen molar-refractivity contribution in [2.24, 2.45) is 0 Å². The fourth-order valence-electron chi connectivity index (χ4n) is 1.46. The summed E-state index contributed by atoms with van der Waals surface area (Å²) in [4.78, 5) is 22.8. The molecule has 0 amide bonds. The monoisotopic (exact) mass is 221 g/mol. The average Bonchev–Trinajstić information content (AvgIpc) is 2.65. The van der Waals surface area contributed by atoms with Crippen molar-refractivity contribution >= 4 is 17.6 Å². The van der Waals surface area contributed by atoms with E-state index in [9.17, 15) is 9.59 Å². The molecule has 1 aromatic carbocycles. The predicted octanol–water partition coefficient (Wildman–Crippen LogP) is 0.741. The third-order valence-corrected chi connectivity index (χ3v) is 2.32. The van der Waals surface area contributed by atoms with Gasteiger partial charge in [-0.2, -0.15) is 0 Å². The van der Waals surface area contributed by atoms with Crippen molar-refractivity contribution in [2.45, 2.75) is 12.5 Å². The van der Waals surface area contributed by atoms with Crippen LogP contribution < -0.4 is 5.73 Å². The lowest BCUT2D eigenvalue weighted by Crippen LogP contribution is -2.23. The molecular weight excluding hydrogens is 210 g/mol. The Bertz CT molecular complexity index is 430. The topological polar surface area (TPSA) is 78.6 Å². The van der Waals surface area contributed by atoms with E-state index in [2.05, 4.69) is 4.74 Å². The summed E-state index contributed by atoms with van der Waals surface area (Å²) >= 11 is 0. The summed E-state index contributed by atoms with van der Waals surface area (Å²) in [6.07, 6.45) is -0.399. The summed E-state index contributed by atoms with van der Waals surface area (Å²) in [5.74, 6) is -1.09. The molecular formula is C11H11NO4. The largest absolute Gasteiger partial charge is 0.463 e. The van der Waals surface area contributed by atoms with Gasteiger partial charge in [0.05, 0.1) is 12.2 Å². The van der Waals surface area contributed by atoms with E-state index in [-0.39, 0.29) is 5.56 Å². The van der Waals surface area contributed by atoms with Gasteiger partial charge in [0.15, 0.2) is 0 Å². The number of ether oxygens (including phenoxy) is 2. The fourth-order valence-corrected chi connectivity index (χ4v) is 1.46.